The van der Waals surface area contributed by atoms with Crippen molar-refractivity contribution in [3.63, 3.8) is 0 Å². The Kier molecular flexibility index (Phi) is 5.57. The first kappa shape index (κ1) is 14.4. The quantitative estimate of drug-likeness (QED) is 0.592. The number of imide groups is 1. The molecule has 2 amide bonds. The van der Waals surface area contributed by atoms with Crippen molar-refractivity contribution in [1.82, 2.24) is 5.32 Å². The van der Waals surface area contributed by atoms with Gasteiger partial charge in [-0.1, -0.05) is 0 Å². The first-order valence-corrected chi connectivity index (χ1v) is 5.86. The Morgan fingerprint density at radius 2 is 1.78 bits per heavy atom. The molecule has 0 atom stereocenters. The number of nitrogens with one attached hydrogen (secondary N) is 2. The molecular formula is C11H19N2O5+. The van der Waals surface area contributed by atoms with Crippen molar-refractivity contribution >= 4 is 18.0 Å². The molecule has 1 heterocycles. The van der Waals surface area contributed by atoms with E-state index >= 15 is 0 Å². The van der Waals surface area contributed by atoms with E-state index in [1.165, 1.54) is 14.2 Å². The Labute approximate surface area is 105 Å². The zero-order valence-electron chi connectivity index (χ0n) is 10.7. The van der Waals surface area contributed by atoms with Crippen LogP contribution in [0.4, 0.5) is 4.79 Å². The fourth-order valence-electron chi connectivity index (χ4n) is 2.04. The molecule has 7 nitrogen and oxygen atoms in total. The number of hydrogen-bond acceptors (Lipinski definition) is 5. The van der Waals surface area contributed by atoms with Gasteiger partial charge in [-0.2, -0.15) is 0 Å². The van der Waals surface area contributed by atoms with Gasteiger partial charge in [0.05, 0.1) is 33.2 Å². The van der Waals surface area contributed by atoms with E-state index in [0.29, 0.717) is 25.9 Å². The molecule has 2 N–H and O–H groups in total. The molecule has 0 aliphatic carbocycles. The Morgan fingerprint density at radius 1 is 1.17 bits per heavy atom. The highest BCUT2D eigenvalue weighted by Crippen LogP contribution is 2.10. The Morgan fingerprint density at radius 3 is 2.28 bits per heavy atom. The summed E-state index contributed by atoms with van der Waals surface area (Å²) < 4.78 is 9.02. The summed E-state index contributed by atoms with van der Waals surface area (Å²) in [7, 11) is 2.59. The smallest absolute Gasteiger partial charge is 0.413 e. The van der Waals surface area contributed by atoms with Gasteiger partial charge in [-0.3, -0.25) is 14.9 Å². The van der Waals surface area contributed by atoms with Gasteiger partial charge in [0.1, 0.15) is 0 Å². The van der Waals surface area contributed by atoms with E-state index in [4.69, 9.17) is 0 Å². The molecule has 0 aromatic rings. The summed E-state index contributed by atoms with van der Waals surface area (Å²) in [6.07, 6.45) is 0.657. The molecule has 0 aromatic heterocycles. The van der Waals surface area contributed by atoms with Crippen LogP contribution in [0.1, 0.15) is 12.8 Å². The maximum absolute atomic E-state index is 11.4. The number of piperidine rings is 1. The lowest BCUT2D eigenvalue weighted by Crippen LogP contribution is -3.14. The van der Waals surface area contributed by atoms with Gasteiger partial charge in [-0.25, -0.2) is 4.79 Å². The van der Waals surface area contributed by atoms with E-state index < -0.39 is 6.09 Å². The summed E-state index contributed by atoms with van der Waals surface area (Å²) in [5.74, 6) is -0.621. The Balaban J connectivity index is 2.29. The van der Waals surface area contributed by atoms with Crippen LogP contribution in [0, 0.1) is 5.92 Å². The van der Waals surface area contributed by atoms with Crippen molar-refractivity contribution in [2.75, 3.05) is 33.9 Å². The van der Waals surface area contributed by atoms with Gasteiger partial charge in [0.15, 0.2) is 6.54 Å². The SMILES string of the molecule is COC(=O)NC(=O)C[NH+]1CCC(C(=O)OC)CC1. The van der Waals surface area contributed by atoms with E-state index in [2.05, 4.69) is 14.8 Å². The number of methoxy groups -OCH3 is 2. The number of amides is 2. The van der Waals surface area contributed by atoms with Crippen molar-refractivity contribution in [3.8, 4) is 0 Å². The predicted molar refractivity (Wildman–Crippen MR) is 60.9 cm³/mol. The summed E-state index contributed by atoms with van der Waals surface area (Å²) in [5, 5.41) is 2.11. The first-order valence-electron chi connectivity index (χ1n) is 5.86. The maximum atomic E-state index is 11.4. The third kappa shape index (κ3) is 4.33. The normalized spacial score (nSPS) is 23.0. The average molecular weight is 259 g/mol. The van der Waals surface area contributed by atoms with Crippen LogP contribution in [0.2, 0.25) is 0 Å². The van der Waals surface area contributed by atoms with Crippen molar-refractivity contribution in [2.45, 2.75) is 12.8 Å². The van der Waals surface area contributed by atoms with Gasteiger partial charge in [-0.05, 0) is 0 Å². The highest BCUT2D eigenvalue weighted by Gasteiger charge is 2.29. The molecule has 0 aromatic carbocycles. The molecule has 1 fully saturated rings. The van der Waals surface area contributed by atoms with Crippen LogP contribution in [0.3, 0.4) is 0 Å². The Hall–Kier alpha value is -1.63. The number of esters is 1. The van der Waals surface area contributed by atoms with Crippen LogP contribution in [-0.2, 0) is 19.1 Å². The van der Waals surface area contributed by atoms with Crippen LogP contribution in [0.15, 0.2) is 0 Å². The molecule has 1 aliphatic rings. The van der Waals surface area contributed by atoms with E-state index in [1.54, 1.807) is 0 Å². The number of rotatable bonds is 3. The molecule has 0 bridgehead atoms. The highest BCUT2D eigenvalue weighted by molar-refractivity contribution is 5.92. The second-order valence-corrected chi connectivity index (χ2v) is 4.26. The molecule has 1 saturated heterocycles. The summed E-state index contributed by atoms with van der Waals surface area (Å²) in [5.41, 5.74) is 0. The molecule has 7 heteroatoms. The molecule has 0 spiro atoms. The van der Waals surface area contributed by atoms with Crippen molar-refractivity contribution < 1.29 is 28.8 Å². The first-order chi connectivity index (χ1) is 8.56. The third-order valence-electron chi connectivity index (χ3n) is 3.06. The van der Waals surface area contributed by atoms with Gasteiger partial charge in [0.25, 0.3) is 5.91 Å². The molecule has 1 rings (SSSR count). The van der Waals surface area contributed by atoms with Crippen LogP contribution >= 0.6 is 0 Å². The van der Waals surface area contributed by atoms with Gasteiger partial charge in [0.2, 0.25) is 0 Å². The fraction of sp³-hybridized carbons (Fsp3) is 0.727. The van der Waals surface area contributed by atoms with Crippen molar-refractivity contribution in [3.05, 3.63) is 0 Å². The maximum Gasteiger partial charge on any atom is 0.413 e. The van der Waals surface area contributed by atoms with Gasteiger partial charge in [-0.15, -0.1) is 0 Å². The molecule has 0 unspecified atom stereocenters. The molecular weight excluding hydrogens is 240 g/mol. The minimum absolute atomic E-state index is 0.0672. The number of alkyl carbamates (subject to hydrolysis) is 1. The lowest BCUT2D eigenvalue weighted by molar-refractivity contribution is -0.897. The summed E-state index contributed by atoms with van der Waals surface area (Å²) in [6.45, 7) is 1.64. The standard InChI is InChI=1S/C11H18N2O5/c1-17-10(15)8-3-5-13(6-4-8)7-9(14)12-11(16)18-2/h8H,3-7H2,1-2H3,(H,12,14,16)/p+1. The number of likely N-dealkylation sites (tertiary alicyclic amines) is 1. The average Bonchev–Trinajstić information content (AvgIpc) is 2.38. The lowest BCUT2D eigenvalue weighted by Gasteiger charge is -2.27. The monoisotopic (exact) mass is 259 g/mol. The van der Waals surface area contributed by atoms with Gasteiger partial charge < -0.3 is 14.4 Å². The van der Waals surface area contributed by atoms with Crippen LogP contribution in [-0.4, -0.2) is 51.8 Å². The molecule has 1 aliphatic heterocycles. The lowest BCUT2D eigenvalue weighted by atomic mass is 9.97. The molecule has 0 radical (unpaired) electrons. The highest BCUT2D eigenvalue weighted by atomic mass is 16.5. The second kappa shape index (κ2) is 6.95. The topological polar surface area (TPSA) is 86.1 Å². The van der Waals surface area contributed by atoms with Crippen molar-refractivity contribution in [1.29, 1.82) is 0 Å². The van der Waals surface area contributed by atoms with Crippen LogP contribution in [0.25, 0.3) is 0 Å². The van der Waals surface area contributed by atoms with Crippen molar-refractivity contribution in [2.24, 2.45) is 5.92 Å². The number of quaternary nitrogens is 1. The van der Waals surface area contributed by atoms with E-state index in [9.17, 15) is 14.4 Å². The number of carbonyl (C=O) groups excluding carboxylic acids is 3. The van der Waals surface area contributed by atoms with E-state index in [1.807, 2.05) is 0 Å². The third-order valence-corrected chi connectivity index (χ3v) is 3.06. The zero-order valence-corrected chi connectivity index (χ0v) is 10.7. The second-order valence-electron chi connectivity index (χ2n) is 4.26. The molecule has 0 saturated carbocycles. The summed E-state index contributed by atoms with van der Waals surface area (Å²) in [4.78, 5) is 34.6. The van der Waals surface area contributed by atoms with Crippen LogP contribution < -0.4 is 10.2 Å². The number of hydrogen-bond donors (Lipinski definition) is 2. The largest absolute Gasteiger partial charge is 0.469 e. The fourth-order valence-corrected chi connectivity index (χ4v) is 2.04. The predicted octanol–water partition coefficient (Wildman–Crippen LogP) is -1.66. The van der Waals surface area contributed by atoms with E-state index in [-0.39, 0.29) is 24.3 Å². The Bertz CT molecular complexity index is 323. The summed E-state index contributed by atoms with van der Waals surface area (Å²) in [6, 6.07) is 0. The van der Waals surface area contributed by atoms with E-state index in [0.717, 1.165) is 4.90 Å². The number of ether oxygens (including phenoxy) is 2. The molecule has 102 valence electrons. The minimum Gasteiger partial charge on any atom is -0.469 e. The number of carbonyl (C=O) groups is 3. The minimum atomic E-state index is -0.746. The summed E-state index contributed by atoms with van der Waals surface area (Å²) >= 11 is 0. The van der Waals surface area contributed by atoms with Crippen LogP contribution in [0.5, 0.6) is 0 Å². The molecule has 18 heavy (non-hydrogen) atoms. The van der Waals surface area contributed by atoms with Gasteiger partial charge >= 0.3 is 12.1 Å². The van der Waals surface area contributed by atoms with Gasteiger partial charge in [0, 0.05) is 12.8 Å². The zero-order chi connectivity index (χ0) is 13.5.